The summed E-state index contributed by atoms with van der Waals surface area (Å²) >= 11 is 0. The molecule has 2 rings (SSSR count). The summed E-state index contributed by atoms with van der Waals surface area (Å²) in [4.78, 5) is 49.0. The number of benzene rings is 1. The molecule has 16 nitrogen and oxygen atoms in total. The fourth-order valence-electron chi connectivity index (χ4n) is 6.65. The predicted octanol–water partition coefficient (Wildman–Crippen LogP) is 9.59. The maximum absolute atomic E-state index is 13.0. The number of hydrogen-bond donors (Lipinski definition) is 1. The lowest BCUT2D eigenvalue weighted by Crippen LogP contribution is -2.37. The second kappa shape index (κ2) is 30.0. The third-order valence-corrected chi connectivity index (χ3v) is 11.1. The number of phosphoric acid groups is 1. The molecule has 1 aromatic heterocycles. The molecule has 0 fully saturated rings. The van der Waals surface area contributed by atoms with E-state index in [1.807, 2.05) is 21.1 Å². The molecule has 0 aliphatic heterocycles. The van der Waals surface area contributed by atoms with E-state index in [-0.39, 0.29) is 48.8 Å². The standard InChI is InChI=1S/C42H74N5O11P/c1-6-8-10-12-13-14-15-16-17-18-19-20-22-27-39(48)54-33-36(34-56-59(52,53)55-32-31-47(3,4)5)57-40(49)28-24-23-26-35(25-21-11-9-7-2)43-37-29-30-38(46(50)51)42-41(37)44-58-45-42/h29-30,35-36H,6-28,31-34H2,1-5H3,(H-,43,45,52,53)/t35?,36-/m1/s1. The van der Waals surface area contributed by atoms with Crippen LogP contribution in [0.2, 0.25) is 0 Å². The molecule has 1 heterocycles. The number of ether oxygens (including phenoxy) is 2. The molecule has 338 valence electrons. The summed E-state index contributed by atoms with van der Waals surface area (Å²) in [7, 11) is 0.991. The molecule has 0 bridgehead atoms. The molecule has 0 spiro atoms. The van der Waals surface area contributed by atoms with E-state index < -0.39 is 37.4 Å². The number of rotatable bonds is 37. The number of aromatic nitrogens is 2. The van der Waals surface area contributed by atoms with Crippen LogP contribution in [-0.4, -0.2) is 91.3 Å². The fraction of sp³-hybridized carbons (Fsp3) is 0.810. The maximum atomic E-state index is 13.0. The van der Waals surface area contributed by atoms with Crippen molar-refractivity contribution in [3.8, 4) is 0 Å². The molecule has 17 heteroatoms. The SMILES string of the molecule is CCCCCCCCCCCCCCCC(=O)OC[C@H](COP(=O)([O-])OCC[N+](C)(C)C)OC(=O)CCCCC(CCCCCC)Nc1ccc([N+](=O)[O-])c2nonc12. The number of unbranched alkanes of at least 4 members (excludes halogenated alkanes) is 16. The molecule has 0 amide bonds. The van der Waals surface area contributed by atoms with E-state index in [1.165, 1.54) is 63.9 Å². The Morgan fingerprint density at radius 1 is 0.763 bits per heavy atom. The van der Waals surface area contributed by atoms with Crippen molar-refractivity contribution in [2.24, 2.45) is 0 Å². The molecule has 0 radical (unpaired) electrons. The molecule has 0 saturated heterocycles. The molecular weight excluding hydrogens is 781 g/mol. The minimum absolute atomic E-state index is 0.0111. The Bertz CT molecular complexity index is 1520. The number of likely N-dealkylation sites (N-methyl/N-ethyl adjacent to an activating group) is 1. The van der Waals surface area contributed by atoms with Gasteiger partial charge in [-0.3, -0.25) is 24.3 Å². The summed E-state index contributed by atoms with van der Waals surface area (Å²) in [6.07, 6.45) is 21.5. The highest BCUT2D eigenvalue weighted by Crippen LogP contribution is 2.38. The minimum Gasteiger partial charge on any atom is -0.756 e. The van der Waals surface area contributed by atoms with Crippen LogP contribution >= 0.6 is 7.82 Å². The third kappa shape index (κ3) is 24.6. The van der Waals surface area contributed by atoms with Crippen LogP contribution in [0.4, 0.5) is 11.4 Å². The van der Waals surface area contributed by atoms with E-state index in [2.05, 4.69) is 29.5 Å². The lowest BCUT2D eigenvalue weighted by atomic mass is 10.0. The highest BCUT2D eigenvalue weighted by Gasteiger charge is 2.23. The molecule has 1 aromatic carbocycles. The normalized spacial score (nSPS) is 13.9. The van der Waals surface area contributed by atoms with Crippen molar-refractivity contribution in [2.45, 2.75) is 174 Å². The fourth-order valence-corrected chi connectivity index (χ4v) is 7.38. The van der Waals surface area contributed by atoms with E-state index in [1.54, 1.807) is 6.07 Å². The van der Waals surface area contributed by atoms with E-state index in [0.717, 1.165) is 51.4 Å². The first-order chi connectivity index (χ1) is 28.2. The van der Waals surface area contributed by atoms with Gasteiger partial charge in [0.2, 0.25) is 5.52 Å². The van der Waals surface area contributed by atoms with E-state index in [0.29, 0.717) is 42.4 Å². The number of nitrogens with zero attached hydrogens (tertiary/aromatic N) is 4. The van der Waals surface area contributed by atoms with Gasteiger partial charge in [0.1, 0.15) is 19.8 Å². The Morgan fingerprint density at radius 3 is 1.88 bits per heavy atom. The van der Waals surface area contributed by atoms with Gasteiger partial charge in [0.25, 0.3) is 7.82 Å². The van der Waals surface area contributed by atoms with Gasteiger partial charge in [-0.2, -0.15) is 0 Å². The highest BCUT2D eigenvalue weighted by atomic mass is 31.2. The van der Waals surface area contributed by atoms with Crippen molar-refractivity contribution in [3.05, 3.63) is 22.2 Å². The van der Waals surface area contributed by atoms with Crippen molar-refractivity contribution in [1.82, 2.24) is 10.3 Å². The summed E-state index contributed by atoms with van der Waals surface area (Å²) < 4.78 is 38.9. The smallest absolute Gasteiger partial charge is 0.306 e. The highest BCUT2D eigenvalue weighted by molar-refractivity contribution is 7.45. The number of carbonyl (C=O) groups excluding carboxylic acids is 2. The van der Waals surface area contributed by atoms with Crippen molar-refractivity contribution >= 4 is 42.2 Å². The van der Waals surface area contributed by atoms with Crippen molar-refractivity contribution < 1.29 is 51.6 Å². The van der Waals surface area contributed by atoms with E-state index >= 15 is 0 Å². The Balaban J connectivity index is 1.86. The van der Waals surface area contributed by atoms with Gasteiger partial charge in [0.05, 0.1) is 38.4 Å². The summed E-state index contributed by atoms with van der Waals surface area (Å²) in [6, 6.07) is 2.97. The monoisotopic (exact) mass is 856 g/mol. The van der Waals surface area contributed by atoms with Gasteiger partial charge >= 0.3 is 17.6 Å². The minimum atomic E-state index is -4.71. The average Bonchev–Trinajstić information content (AvgIpc) is 3.68. The second-order valence-electron chi connectivity index (χ2n) is 16.7. The Kier molecular flexibility index (Phi) is 26.4. The number of esters is 2. The van der Waals surface area contributed by atoms with Crippen LogP contribution in [0.3, 0.4) is 0 Å². The van der Waals surface area contributed by atoms with Gasteiger partial charge in [0, 0.05) is 24.9 Å². The molecular formula is C42H74N5O11P. The van der Waals surface area contributed by atoms with Crippen molar-refractivity contribution in [2.75, 3.05) is 52.8 Å². The number of nitro groups is 1. The summed E-state index contributed by atoms with van der Waals surface area (Å²) in [5.41, 5.74) is 0.736. The third-order valence-electron chi connectivity index (χ3n) is 10.2. The Morgan fingerprint density at radius 2 is 1.29 bits per heavy atom. The first-order valence-corrected chi connectivity index (χ1v) is 23.6. The van der Waals surface area contributed by atoms with Crippen molar-refractivity contribution in [1.29, 1.82) is 0 Å². The molecule has 2 unspecified atom stereocenters. The molecule has 59 heavy (non-hydrogen) atoms. The zero-order valence-corrected chi connectivity index (χ0v) is 37.5. The van der Waals surface area contributed by atoms with Gasteiger partial charge in [-0.05, 0) is 42.1 Å². The lowest BCUT2D eigenvalue weighted by Gasteiger charge is -2.28. The van der Waals surface area contributed by atoms with E-state index in [4.69, 9.17) is 23.2 Å². The van der Waals surface area contributed by atoms with Gasteiger partial charge in [-0.1, -0.05) is 123 Å². The maximum Gasteiger partial charge on any atom is 0.306 e. The number of phosphoric ester groups is 1. The number of non-ortho nitro benzene ring substituents is 1. The van der Waals surface area contributed by atoms with Gasteiger partial charge in [-0.15, -0.1) is 0 Å². The topological polar surface area (TPSA) is 205 Å². The molecule has 2 aromatic rings. The second-order valence-corrected chi connectivity index (χ2v) is 18.1. The number of hydrogen-bond acceptors (Lipinski definition) is 14. The quantitative estimate of drug-likeness (QED) is 0.0168. The van der Waals surface area contributed by atoms with Crippen LogP contribution in [0.15, 0.2) is 16.8 Å². The molecule has 0 aliphatic rings. The van der Waals surface area contributed by atoms with E-state index in [9.17, 15) is 29.2 Å². The summed E-state index contributed by atoms with van der Waals surface area (Å²) in [5, 5.41) is 22.5. The molecule has 0 aliphatic carbocycles. The van der Waals surface area contributed by atoms with Crippen LogP contribution in [0.1, 0.15) is 162 Å². The summed E-state index contributed by atoms with van der Waals surface area (Å²) in [5.74, 6) is -1.01. The van der Waals surface area contributed by atoms with Crippen molar-refractivity contribution in [3.63, 3.8) is 0 Å². The zero-order valence-electron chi connectivity index (χ0n) is 36.6. The van der Waals surface area contributed by atoms with Gasteiger partial charge in [-0.25, -0.2) is 4.63 Å². The van der Waals surface area contributed by atoms with Crippen LogP contribution in [-0.2, 0) is 32.7 Å². The van der Waals surface area contributed by atoms with Gasteiger partial charge < -0.3 is 33.2 Å². The largest absolute Gasteiger partial charge is 0.756 e. The Hall–Kier alpha value is -3.17. The number of carbonyl (C=O) groups is 2. The molecule has 1 N–H and O–H groups in total. The number of nitro benzene ring substituents is 1. The number of anilines is 1. The molecule has 3 atom stereocenters. The zero-order chi connectivity index (χ0) is 43.4. The Labute approximate surface area is 352 Å². The summed E-state index contributed by atoms with van der Waals surface area (Å²) in [6.45, 7) is 3.83. The predicted molar refractivity (Wildman–Crippen MR) is 227 cm³/mol. The van der Waals surface area contributed by atoms with Crippen LogP contribution < -0.4 is 10.2 Å². The van der Waals surface area contributed by atoms with Crippen LogP contribution in [0, 0.1) is 10.1 Å². The lowest BCUT2D eigenvalue weighted by molar-refractivity contribution is -0.870. The number of nitrogens with one attached hydrogen (secondary N) is 1. The van der Waals surface area contributed by atoms with Crippen LogP contribution in [0.25, 0.3) is 11.0 Å². The molecule has 0 saturated carbocycles. The average molecular weight is 856 g/mol. The first-order valence-electron chi connectivity index (χ1n) is 22.2. The first kappa shape index (κ1) is 52.0. The number of quaternary nitrogens is 1. The van der Waals surface area contributed by atoms with Crippen LogP contribution in [0.5, 0.6) is 0 Å². The van der Waals surface area contributed by atoms with Gasteiger partial charge in [0.15, 0.2) is 11.6 Å². The number of fused-ring (bicyclic) bond motifs is 1.